The second kappa shape index (κ2) is 11.9. The van der Waals surface area contributed by atoms with Crippen LogP contribution in [0.15, 0.2) is 73.4 Å². The first-order chi connectivity index (χ1) is 17.8. The Balaban J connectivity index is 1.16. The first-order valence-corrected chi connectivity index (χ1v) is 13.3. The number of aryl methyl sites for hydroxylation is 1. The van der Waals surface area contributed by atoms with Gasteiger partial charge in [0.2, 0.25) is 5.91 Å². The smallest absolute Gasteiger partial charge is 0.223 e. The summed E-state index contributed by atoms with van der Waals surface area (Å²) in [4.78, 5) is 26.4. The van der Waals surface area contributed by atoms with Crippen LogP contribution in [0.25, 0.3) is 22.2 Å². The maximum atomic E-state index is 13.1. The summed E-state index contributed by atoms with van der Waals surface area (Å²) in [5.74, 6) is 0.838. The molecule has 1 unspecified atom stereocenters. The molecular weight excluding hydrogens is 446 g/mol. The van der Waals surface area contributed by atoms with Crippen molar-refractivity contribution >= 4 is 16.9 Å². The van der Waals surface area contributed by atoms with Gasteiger partial charge in [0, 0.05) is 60.0 Å². The highest BCUT2D eigenvalue weighted by Crippen LogP contribution is 2.34. The van der Waals surface area contributed by atoms with Gasteiger partial charge in [-0.05, 0) is 61.9 Å². The quantitative estimate of drug-likeness (QED) is 0.260. The summed E-state index contributed by atoms with van der Waals surface area (Å²) in [6.07, 6.45) is 18.6. The molecule has 6 heteroatoms. The standard InChI is InChI=1S/C30H35N5O/c36-30(34-21-25-13-5-6-17-32-25)26(23-10-3-4-11-23)14-2-1-7-19-35-22-28(24-12-8-16-31-20-24)27-15-9-18-33-29(27)35/h5-6,8-9,12-13,15-18,20,22-23,26H,1-4,7,10-11,14,19,21H2,(H,34,36). The van der Waals surface area contributed by atoms with E-state index in [-0.39, 0.29) is 11.8 Å². The molecule has 0 aromatic carbocycles. The van der Waals surface area contributed by atoms with Gasteiger partial charge in [0.25, 0.3) is 0 Å². The van der Waals surface area contributed by atoms with Crippen molar-refractivity contribution in [2.24, 2.45) is 11.8 Å². The molecule has 0 aliphatic heterocycles. The lowest BCUT2D eigenvalue weighted by molar-refractivity contribution is -0.127. The van der Waals surface area contributed by atoms with E-state index in [4.69, 9.17) is 0 Å². The Morgan fingerprint density at radius 3 is 2.64 bits per heavy atom. The zero-order chi connectivity index (χ0) is 24.6. The topological polar surface area (TPSA) is 72.7 Å². The van der Waals surface area contributed by atoms with Crippen molar-refractivity contribution in [3.8, 4) is 11.1 Å². The normalized spacial score (nSPS) is 14.8. The Morgan fingerprint density at radius 1 is 0.972 bits per heavy atom. The number of nitrogens with one attached hydrogen (secondary N) is 1. The zero-order valence-electron chi connectivity index (χ0n) is 20.9. The molecule has 1 saturated carbocycles. The lowest BCUT2D eigenvalue weighted by Crippen LogP contribution is -2.34. The first kappa shape index (κ1) is 24.2. The lowest BCUT2D eigenvalue weighted by Gasteiger charge is -2.22. The fourth-order valence-corrected chi connectivity index (χ4v) is 5.62. The van der Waals surface area contributed by atoms with Gasteiger partial charge < -0.3 is 9.88 Å². The van der Waals surface area contributed by atoms with Gasteiger partial charge in [-0.3, -0.25) is 14.8 Å². The SMILES string of the molecule is O=C(NCc1ccccn1)C(CCCCCn1cc(-c2cccnc2)c2cccnc21)C1CCCC1. The Labute approximate surface area is 213 Å². The zero-order valence-corrected chi connectivity index (χ0v) is 20.9. The van der Waals surface area contributed by atoms with Gasteiger partial charge in [0.15, 0.2) is 0 Å². The molecule has 1 atom stereocenters. The number of unbranched alkanes of at least 4 members (excludes halogenated alkanes) is 2. The molecule has 186 valence electrons. The number of carbonyl (C=O) groups excluding carboxylic acids is 1. The van der Waals surface area contributed by atoms with E-state index in [1.54, 1.807) is 12.4 Å². The number of carbonyl (C=O) groups is 1. The molecule has 0 saturated heterocycles. The molecule has 0 radical (unpaired) electrons. The van der Waals surface area contributed by atoms with Crippen LogP contribution in [-0.2, 0) is 17.9 Å². The van der Waals surface area contributed by atoms with Crippen LogP contribution in [0.2, 0.25) is 0 Å². The summed E-state index contributed by atoms with van der Waals surface area (Å²) in [5, 5.41) is 4.33. The number of hydrogen-bond acceptors (Lipinski definition) is 4. The number of fused-ring (bicyclic) bond motifs is 1. The van der Waals surface area contributed by atoms with Gasteiger partial charge in [-0.25, -0.2) is 4.98 Å². The van der Waals surface area contributed by atoms with Crippen LogP contribution in [-0.4, -0.2) is 25.4 Å². The molecule has 1 fully saturated rings. The lowest BCUT2D eigenvalue weighted by atomic mass is 9.85. The molecule has 6 nitrogen and oxygen atoms in total. The van der Waals surface area contributed by atoms with Gasteiger partial charge in [-0.15, -0.1) is 0 Å². The van der Waals surface area contributed by atoms with Crippen LogP contribution in [0, 0.1) is 11.8 Å². The molecule has 0 spiro atoms. The minimum absolute atomic E-state index is 0.113. The van der Waals surface area contributed by atoms with Crippen LogP contribution >= 0.6 is 0 Å². The highest BCUT2D eigenvalue weighted by molar-refractivity contribution is 5.93. The fourth-order valence-electron chi connectivity index (χ4n) is 5.62. The maximum Gasteiger partial charge on any atom is 0.223 e. The molecule has 4 aromatic rings. The monoisotopic (exact) mass is 481 g/mol. The molecule has 1 aliphatic rings. The summed E-state index contributed by atoms with van der Waals surface area (Å²) >= 11 is 0. The van der Waals surface area contributed by atoms with Crippen molar-refractivity contribution in [1.82, 2.24) is 24.8 Å². The van der Waals surface area contributed by atoms with E-state index in [1.165, 1.54) is 31.2 Å². The molecule has 5 rings (SSSR count). The minimum atomic E-state index is 0.113. The molecule has 1 aliphatic carbocycles. The highest BCUT2D eigenvalue weighted by atomic mass is 16.1. The summed E-state index contributed by atoms with van der Waals surface area (Å²) < 4.78 is 2.27. The van der Waals surface area contributed by atoms with Crippen LogP contribution in [0.3, 0.4) is 0 Å². The van der Waals surface area contributed by atoms with Crippen molar-refractivity contribution in [2.75, 3.05) is 0 Å². The Kier molecular flexibility index (Phi) is 8.01. The average molecular weight is 482 g/mol. The summed E-state index contributed by atoms with van der Waals surface area (Å²) in [7, 11) is 0. The molecule has 4 heterocycles. The van der Waals surface area contributed by atoms with Crippen LogP contribution in [0.5, 0.6) is 0 Å². The van der Waals surface area contributed by atoms with Crippen LogP contribution in [0.4, 0.5) is 0 Å². The third-order valence-corrected chi connectivity index (χ3v) is 7.50. The van der Waals surface area contributed by atoms with E-state index in [0.717, 1.165) is 54.5 Å². The second-order valence-electron chi connectivity index (χ2n) is 9.89. The summed E-state index contributed by atoms with van der Waals surface area (Å²) in [6.45, 7) is 1.43. The fraction of sp³-hybridized carbons (Fsp3) is 0.400. The number of aromatic nitrogens is 4. The Morgan fingerprint density at radius 2 is 1.83 bits per heavy atom. The molecule has 4 aromatic heterocycles. The van der Waals surface area contributed by atoms with Gasteiger partial charge >= 0.3 is 0 Å². The second-order valence-corrected chi connectivity index (χ2v) is 9.89. The molecule has 1 amide bonds. The largest absolute Gasteiger partial charge is 0.350 e. The number of nitrogens with zero attached hydrogens (tertiary/aromatic N) is 4. The number of rotatable bonds is 11. The molecular formula is C30H35N5O. The highest BCUT2D eigenvalue weighted by Gasteiger charge is 2.30. The van der Waals surface area contributed by atoms with Crippen molar-refractivity contribution in [3.63, 3.8) is 0 Å². The molecule has 0 bridgehead atoms. The number of amides is 1. The average Bonchev–Trinajstić information content (AvgIpc) is 3.59. The minimum Gasteiger partial charge on any atom is -0.350 e. The van der Waals surface area contributed by atoms with Crippen molar-refractivity contribution in [1.29, 1.82) is 0 Å². The van der Waals surface area contributed by atoms with Crippen LogP contribution in [0.1, 0.15) is 57.1 Å². The number of hydrogen-bond donors (Lipinski definition) is 1. The Hall–Kier alpha value is -3.54. The van der Waals surface area contributed by atoms with E-state index < -0.39 is 0 Å². The maximum absolute atomic E-state index is 13.1. The van der Waals surface area contributed by atoms with E-state index in [1.807, 2.05) is 42.7 Å². The van der Waals surface area contributed by atoms with Crippen molar-refractivity contribution in [3.05, 3.63) is 79.1 Å². The van der Waals surface area contributed by atoms with Gasteiger partial charge in [-0.2, -0.15) is 0 Å². The van der Waals surface area contributed by atoms with E-state index in [0.29, 0.717) is 12.5 Å². The van der Waals surface area contributed by atoms with Gasteiger partial charge in [0.05, 0.1) is 12.2 Å². The summed E-state index contributed by atoms with van der Waals surface area (Å²) in [6, 6.07) is 14.0. The van der Waals surface area contributed by atoms with Crippen molar-refractivity contribution < 1.29 is 4.79 Å². The van der Waals surface area contributed by atoms with E-state index >= 15 is 0 Å². The van der Waals surface area contributed by atoms with Gasteiger partial charge in [0.1, 0.15) is 5.65 Å². The first-order valence-electron chi connectivity index (χ1n) is 13.3. The Bertz CT molecular complexity index is 1250. The predicted octanol–water partition coefficient (Wildman–Crippen LogP) is 6.18. The van der Waals surface area contributed by atoms with Crippen molar-refractivity contribution in [2.45, 2.75) is 64.5 Å². The van der Waals surface area contributed by atoms with Crippen LogP contribution < -0.4 is 5.32 Å². The predicted molar refractivity (Wildman–Crippen MR) is 143 cm³/mol. The molecule has 1 N–H and O–H groups in total. The number of pyridine rings is 3. The summed E-state index contributed by atoms with van der Waals surface area (Å²) in [5.41, 5.74) is 4.23. The van der Waals surface area contributed by atoms with E-state index in [9.17, 15) is 4.79 Å². The van der Waals surface area contributed by atoms with Gasteiger partial charge in [-0.1, -0.05) is 37.8 Å². The third kappa shape index (κ3) is 5.81. The molecule has 36 heavy (non-hydrogen) atoms. The van der Waals surface area contributed by atoms with E-state index in [2.05, 4.69) is 43.2 Å². The third-order valence-electron chi connectivity index (χ3n) is 7.50.